The lowest BCUT2D eigenvalue weighted by molar-refractivity contribution is -0.136. The highest BCUT2D eigenvalue weighted by atomic mass is 16.5. The summed E-state index contributed by atoms with van der Waals surface area (Å²) < 4.78 is 9.49. The first-order valence-electron chi connectivity index (χ1n) is 9.15. The molecule has 0 spiro atoms. The topological polar surface area (TPSA) is 114 Å². The van der Waals surface area contributed by atoms with Crippen LogP contribution >= 0.6 is 0 Å². The van der Waals surface area contributed by atoms with Crippen molar-refractivity contribution in [3.05, 3.63) is 23.8 Å². The maximum Gasteiger partial charge on any atom is 0.350 e. The molecule has 0 bridgehead atoms. The molecule has 0 aromatic carbocycles. The van der Waals surface area contributed by atoms with Gasteiger partial charge in [0.05, 0.1) is 30.9 Å². The molecule has 0 saturated carbocycles. The molecular formula is C19H25N3O6. The second kappa shape index (κ2) is 10.5. The van der Waals surface area contributed by atoms with Crippen molar-refractivity contribution in [2.24, 2.45) is 10.9 Å². The number of carbonyl (C=O) groups excluding carboxylic acids is 4. The first-order valence-corrected chi connectivity index (χ1v) is 9.15. The highest BCUT2D eigenvalue weighted by Gasteiger charge is 2.36. The Labute approximate surface area is 163 Å². The number of allylic oxidation sites excluding steroid dienone is 1. The largest absolute Gasteiger partial charge is 0.465 e. The van der Waals surface area contributed by atoms with Gasteiger partial charge < -0.3 is 14.8 Å². The first-order chi connectivity index (χ1) is 13.5. The normalized spacial score (nSPS) is 18.4. The van der Waals surface area contributed by atoms with Crippen LogP contribution in [0.4, 0.5) is 4.79 Å². The van der Waals surface area contributed by atoms with Crippen LogP contribution in [0.1, 0.15) is 25.7 Å². The zero-order chi connectivity index (χ0) is 20.5. The Hall–Kier alpha value is -2.81. The third-order valence-electron chi connectivity index (χ3n) is 4.41. The molecule has 9 heteroatoms. The Morgan fingerprint density at radius 1 is 1.21 bits per heavy atom. The van der Waals surface area contributed by atoms with E-state index in [4.69, 9.17) is 4.74 Å². The molecule has 0 fully saturated rings. The van der Waals surface area contributed by atoms with Crippen LogP contribution in [-0.2, 0) is 23.9 Å². The fraction of sp³-hybridized carbons (Fsp3) is 0.526. The summed E-state index contributed by atoms with van der Waals surface area (Å²) in [6.07, 6.45) is 6.82. The number of ether oxygens (including phenoxy) is 2. The van der Waals surface area contributed by atoms with E-state index in [0.717, 1.165) is 4.90 Å². The number of imide groups is 1. The van der Waals surface area contributed by atoms with E-state index in [1.165, 1.54) is 19.3 Å². The number of unbranched alkanes of at least 4 members (excludes halogenated alkanes) is 2. The molecule has 4 amide bonds. The van der Waals surface area contributed by atoms with Crippen LogP contribution in [0.5, 0.6) is 0 Å². The van der Waals surface area contributed by atoms with Gasteiger partial charge in [-0.1, -0.05) is 18.6 Å². The average molecular weight is 391 g/mol. The van der Waals surface area contributed by atoms with Gasteiger partial charge in [-0.2, -0.15) is 4.99 Å². The third kappa shape index (κ3) is 5.59. The van der Waals surface area contributed by atoms with Crippen molar-refractivity contribution in [3.8, 4) is 0 Å². The fourth-order valence-corrected chi connectivity index (χ4v) is 2.90. The fourth-order valence-electron chi connectivity index (χ4n) is 2.90. The number of esters is 1. The van der Waals surface area contributed by atoms with Crippen molar-refractivity contribution >= 4 is 29.5 Å². The van der Waals surface area contributed by atoms with Crippen LogP contribution in [0.25, 0.3) is 0 Å². The second-order valence-corrected chi connectivity index (χ2v) is 6.39. The SMILES string of the molecule is COCCNC(=O)CCCCCN1C(=O)N=C2C=C(C(=O)OC)C=CC2C1=O. The van der Waals surface area contributed by atoms with Crippen LogP contribution in [0, 0.1) is 5.92 Å². The highest BCUT2D eigenvalue weighted by Crippen LogP contribution is 2.23. The molecule has 2 rings (SSSR count). The van der Waals surface area contributed by atoms with E-state index in [0.29, 0.717) is 38.8 Å². The van der Waals surface area contributed by atoms with Gasteiger partial charge in [-0.3, -0.25) is 14.5 Å². The molecule has 0 saturated heterocycles. The number of hydrogen-bond donors (Lipinski definition) is 1. The zero-order valence-corrected chi connectivity index (χ0v) is 16.1. The summed E-state index contributed by atoms with van der Waals surface area (Å²) in [6.45, 7) is 1.20. The number of amides is 4. The monoisotopic (exact) mass is 391 g/mol. The van der Waals surface area contributed by atoms with Gasteiger partial charge in [0.25, 0.3) is 0 Å². The van der Waals surface area contributed by atoms with E-state index in [1.54, 1.807) is 13.2 Å². The number of carbonyl (C=O) groups is 4. The third-order valence-corrected chi connectivity index (χ3v) is 4.41. The molecule has 2 aliphatic rings. The maximum atomic E-state index is 12.6. The van der Waals surface area contributed by atoms with Crippen molar-refractivity contribution in [2.75, 3.05) is 33.9 Å². The summed E-state index contributed by atoms with van der Waals surface area (Å²) in [4.78, 5) is 53.0. The van der Waals surface area contributed by atoms with Crippen molar-refractivity contribution in [1.29, 1.82) is 0 Å². The van der Waals surface area contributed by atoms with Crippen LogP contribution in [0.15, 0.2) is 28.8 Å². The highest BCUT2D eigenvalue weighted by molar-refractivity contribution is 6.23. The van der Waals surface area contributed by atoms with Crippen LogP contribution in [0.3, 0.4) is 0 Å². The van der Waals surface area contributed by atoms with Crippen LogP contribution in [0.2, 0.25) is 0 Å². The molecule has 1 N–H and O–H groups in total. The van der Waals surface area contributed by atoms with E-state index in [2.05, 4.69) is 15.0 Å². The minimum absolute atomic E-state index is 0.0445. The first kappa shape index (κ1) is 21.5. The molecule has 1 unspecified atom stereocenters. The predicted octanol–water partition coefficient (Wildman–Crippen LogP) is 0.998. The lowest BCUT2D eigenvalue weighted by Crippen LogP contribution is -2.46. The molecule has 1 aliphatic carbocycles. The quantitative estimate of drug-likeness (QED) is 0.439. The summed E-state index contributed by atoms with van der Waals surface area (Å²) in [6, 6.07) is -0.635. The van der Waals surface area contributed by atoms with E-state index < -0.39 is 17.9 Å². The van der Waals surface area contributed by atoms with E-state index in [-0.39, 0.29) is 29.6 Å². The molecule has 28 heavy (non-hydrogen) atoms. The number of fused-ring (bicyclic) bond motifs is 1. The molecule has 0 aromatic rings. The summed E-state index contributed by atoms with van der Waals surface area (Å²) in [5.74, 6) is -1.62. The lowest BCUT2D eigenvalue weighted by Gasteiger charge is -2.28. The average Bonchev–Trinajstić information content (AvgIpc) is 2.69. The Balaban J connectivity index is 1.81. The molecule has 0 aromatic heterocycles. The number of hydrogen-bond acceptors (Lipinski definition) is 6. The molecule has 152 valence electrons. The summed E-state index contributed by atoms with van der Waals surface area (Å²) in [5, 5.41) is 2.74. The van der Waals surface area contributed by atoms with Crippen LogP contribution < -0.4 is 5.32 Å². The van der Waals surface area contributed by atoms with Gasteiger partial charge in [0, 0.05) is 26.6 Å². The molecule has 1 heterocycles. The minimum Gasteiger partial charge on any atom is -0.465 e. The van der Waals surface area contributed by atoms with Gasteiger partial charge >= 0.3 is 12.0 Å². The van der Waals surface area contributed by atoms with Crippen molar-refractivity contribution in [3.63, 3.8) is 0 Å². The number of aliphatic imine (C=N–C) groups is 1. The van der Waals surface area contributed by atoms with Gasteiger partial charge in [0.2, 0.25) is 11.8 Å². The van der Waals surface area contributed by atoms with E-state index >= 15 is 0 Å². The predicted molar refractivity (Wildman–Crippen MR) is 101 cm³/mol. The molecular weight excluding hydrogens is 366 g/mol. The van der Waals surface area contributed by atoms with Crippen molar-refractivity contribution in [1.82, 2.24) is 10.2 Å². The summed E-state index contributed by atoms with van der Waals surface area (Å²) in [5.41, 5.74) is 0.497. The van der Waals surface area contributed by atoms with Gasteiger partial charge in [-0.25, -0.2) is 9.59 Å². The number of rotatable bonds is 10. The van der Waals surface area contributed by atoms with Crippen molar-refractivity contribution in [2.45, 2.75) is 25.7 Å². The standard InChI is InChI=1S/C19H25N3O6/c1-27-11-9-20-16(23)6-4-3-5-10-22-17(24)14-8-7-13(18(25)28-2)12-15(14)21-19(22)26/h7-8,12,14H,3-6,9-11H2,1-2H3,(H,20,23). The van der Waals surface area contributed by atoms with Gasteiger partial charge in [-0.05, 0) is 18.9 Å². The zero-order valence-electron chi connectivity index (χ0n) is 16.1. The number of methoxy groups -OCH3 is 2. The number of nitrogens with zero attached hydrogens (tertiary/aromatic N) is 2. The maximum absolute atomic E-state index is 12.6. The number of nitrogens with one attached hydrogen (secondary N) is 1. The molecule has 1 aliphatic heterocycles. The molecule has 9 nitrogen and oxygen atoms in total. The van der Waals surface area contributed by atoms with Crippen LogP contribution in [-0.4, -0.2) is 68.3 Å². The smallest absolute Gasteiger partial charge is 0.350 e. The molecule has 1 atom stereocenters. The Bertz CT molecular complexity index is 725. The van der Waals surface area contributed by atoms with Gasteiger partial charge in [0.1, 0.15) is 0 Å². The van der Waals surface area contributed by atoms with Gasteiger partial charge in [0.15, 0.2) is 0 Å². The minimum atomic E-state index is -0.669. The summed E-state index contributed by atoms with van der Waals surface area (Å²) in [7, 11) is 2.83. The van der Waals surface area contributed by atoms with E-state index in [1.807, 2.05) is 0 Å². The summed E-state index contributed by atoms with van der Waals surface area (Å²) >= 11 is 0. The second-order valence-electron chi connectivity index (χ2n) is 6.39. The Kier molecular flexibility index (Phi) is 8.06. The lowest BCUT2D eigenvalue weighted by atomic mass is 9.92. The Morgan fingerprint density at radius 2 is 2.00 bits per heavy atom. The Morgan fingerprint density at radius 3 is 2.71 bits per heavy atom. The van der Waals surface area contributed by atoms with Crippen molar-refractivity contribution < 1.29 is 28.7 Å². The number of urea groups is 1. The molecule has 0 radical (unpaired) electrons. The van der Waals surface area contributed by atoms with E-state index in [9.17, 15) is 19.2 Å². The van der Waals surface area contributed by atoms with Gasteiger partial charge in [-0.15, -0.1) is 0 Å².